The Labute approximate surface area is 119 Å². The summed E-state index contributed by atoms with van der Waals surface area (Å²) in [6.07, 6.45) is 9.99. The molecule has 112 valence electrons. The smallest absolute Gasteiger partial charge is 0.0778 e. The minimum atomic E-state index is -0.374. The molecule has 0 bridgehead atoms. The zero-order valence-electron chi connectivity index (χ0n) is 13.6. The van der Waals surface area contributed by atoms with E-state index in [4.69, 9.17) is 4.74 Å². The van der Waals surface area contributed by atoms with E-state index >= 15 is 0 Å². The molecule has 0 aliphatic heterocycles. The van der Waals surface area contributed by atoms with Gasteiger partial charge < -0.3 is 9.84 Å². The molecule has 0 amide bonds. The fraction of sp³-hybridized carbons (Fsp3) is 0.765. The molecule has 1 N–H and O–H groups in total. The van der Waals surface area contributed by atoms with Crippen molar-refractivity contribution in [2.45, 2.75) is 60.5 Å². The normalized spacial score (nSPS) is 18.1. The van der Waals surface area contributed by atoms with Gasteiger partial charge in [-0.05, 0) is 25.2 Å². The molecular weight excluding hydrogens is 236 g/mol. The molecule has 0 saturated carbocycles. The molecule has 2 heteroatoms. The van der Waals surface area contributed by atoms with Gasteiger partial charge in [-0.3, -0.25) is 0 Å². The number of ether oxygens (including phenoxy) is 1. The Hall–Kier alpha value is -0.600. The van der Waals surface area contributed by atoms with Crippen LogP contribution in [0.4, 0.5) is 0 Å². The molecule has 2 atom stereocenters. The van der Waals surface area contributed by atoms with Crippen LogP contribution in [0.3, 0.4) is 0 Å². The number of hydrogen-bond donors (Lipinski definition) is 1. The standard InChI is InChI=1S/C17H32O2/c1-7-10-17(6,8-2)11-9-12-19-14-15(18)13-16(3,4)5/h7,9-11,15,18H,8,12-14H2,1-6H3. The van der Waals surface area contributed by atoms with Crippen LogP contribution in [0.25, 0.3) is 0 Å². The highest BCUT2D eigenvalue weighted by molar-refractivity contribution is 5.08. The first kappa shape index (κ1) is 18.4. The topological polar surface area (TPSA) is 29.5 Å². The summed E-state index contributed by atoms with van der Waals surface area (Å²) >= 11 is 0. The largest absolute Gasteiger partial charge is 0.391 e. The van der Waals surface area contributed by atoms with Crippen molar-refractivity contribution < 1.29 is 9.84 Å². The lowest BCUT2D eigenvalue weighted by Crippen LogP contribution is -2.22. The fourth-order valence-corrected chi connectivity index (χ4v) is 2.03. The minimum absolute atomic E-state index is 0.113. The van der Waals surface area contributed by atoms with Crippen LogP contribution in [0.1, 0.15) is 54.4 Å². The summed E-state index contributed by atoms with van der Waals surface area (Å²) in [5, 5.41) is 9.81. The van der Waals surface area contributed by atoms with E-state index in [9.17, 15) is 5.11 Å². The molecule has 0 radical (unpaired) electrons. The van der Waals surface area contributed by atoms with Crippen LogP contribution in [0.2, 0.25) is 0 Å². The molecule has 0 aliphatic carbocycles. The van der Waals surface area contributed by atoms with Gasteiger partial charge in [0.2, 0.25) is 0 Å². The van der Waals surface area contributed by atoms with Gasteiger partial charge >= 0.3 is 0 Å². The van der Waals surface area contributed by atoms with E-state index in [0.29, 0.717) is 13.2 Å². The zero-order valence-corrected chi connectivity index (χ0v) is 13.6. The van der Waals surface area contributed by atoms with Gasteiger partial charge in [-0.1, -0.05) is 58.9 Å². The van der Waals surface area contributed by atoms with E-state index in [1.807, 2.05) is 13.0 Å². The summed E-state index contributed by atoms with van der Waals surface area (Å²) in [6.45, 7) is 13.8. The number of hydrogen-bond acceptors (Lipinski definition) is 2. The highest BCUT2D eigenvalue weighted by Gasteiger charge is 2.16. The van der Waals surface area contributed by atoms with Gasteiger partial charge in [-0.2, -0.15) is 0 Å². The maximum Gasteiger partial charge on any atom is 0.0778 e. The van der Waals surface area contributed by atoms with Gasteiger partial charge in [0.05, 0.1) is 19.3 Å². The maximum absolute atomic E-state index is 9.81. The van der Waals surface area contributed by atoms with Gasteiger partial charge in [0.15, 0.2) is 0 Å². The highest BCUT2D eigenvalue weighted by Crippen LogP contribution is 2.24. The molecule has 0 aromatic carbocycles. The summed E-state index contributed by atoms with van der Waals surface area (Å²) in [4.78, 5) is 0. The van der Waals surface area contributed by atoms with Gasteiger partial charge in [0.25, 0.3) is 0 Å². The predicted molar refractivity (Wildman–Crippen MR) is 83.2 cm³/mol. The third-order valence-corrected chi connectivity index (χ3v) is 3.18. The van der Waals surface area contributed by atoms with E-state index in [1.54, 1.807) is 0 Å². The summed E-state index contributed by atoms with van der Waals surface area (Å²) in [7, 11) is 0. The van der Waals surface area contributed by atoms with E-state index in [1.165, 1.54) is 0 Å². The average Bonchev–Trinajstić information content (AvgIpc) is 2.26. The average molecular weight is 268 g/mol. The van der Waals surface area contributed by atoms with Crippen LogP contribution in [-0.2, 0) is 4.74 Å². The Morgan fingerprint density at radius 2 is 1.79 bits per heavy atom. The van der Waals surface area contributed by atoms with Crippen LogP contribution < -0.4 is 0 Å². The van der Waals surface area contributed by atoms with Crippen LogP contribution in [-0.4, -0.2) is 24.4 Å². The van der Waals surface area contributed by atoms with Gasteiger partial charge in [0, 0.05) is 5.41 Å². The second-order valence-corrected chi connectivity index (χ2v) is 6.72. The molecular formula is C17H32O2. The van der Waals surface area contributed by atoms with Crippen molar-refractivity contribution in [3.63, 3.8) is 0 Å². The molecule has 0 aliphatic rings. The Balaban J connectivity index is 3.97. The molecule has 0 spiro atoms. The Morgan fingerprint density at radius 3 is 2.26 bits per heavy atom. The first-order chi connectivity index (χ1) is 8.72. The van der Waals surface area contributed by atoms with Crippen LogP contribution in [0, 0.1) is 10.8 Å². The van der Waals surface area contributed by atoms with E-state index in [0.717, 1.165) is 12.8 Å². The van der Waals surface area contributed by atoms with Crippen LogP contribution in [0.15, 0.2) is 24.3 Å². The first-order valence-electron chi connectivity index (χ1n) is 7.30. The molecule has 0 heterocycles. The van der Waals surface area contributed by atoms with Crippen LogP contribution in [0.5, 0.6) is 0 Å². The molecule has 2 nitrogen and oxygen atoms in total. The Bertz CT molecular complexity index is 286. The van der Waals surface area contributed by atoms with Gasteiger partial charge in [0.1, 0.15) is 0 Å². The minimum Gasteiger partial charge on any atom is -0.391 e. The second-order valence-electron chi connectivity index (χ2n) is 6.72. The SMILES string of the molecule is CC=CC(C)(C=CCOCC(O)CC(C)(C)C)CC. The lowest BCUT2D eigenvalue weighted by molar-refractivity contribution is 0.0260. The zero-order chi connectivity index (χ0) is 14.9. The number of aliphatic hydroxyl groups is 1. The lowest BCUT2D eigenvalue weighted by atomic mass is 9.87. The van der Waals surface area contributed by atoms with E-state index < -0.39 is 0 Å². The monoisotopic (exact) mass is 268 g/mol. The first-order valence-corrected chi connectivity index (χ1v) is 7.30. The summed E-state index contributed by atoms with van der Waals surface area (Å²) in [5.74, 6) is 0. The van der Waals surface area contributed by atoms with Crippen molar-refractivity contribution in [1.82, 2.24) is 0 Å². The Morgan fingerprint density at radius 1 is 1.16 bits per heavy atom. The summed E-state index contributed by atoms with van der Waals surface area (Å²) < 4.78 is 5.50. The maximum atomic E-state index is 9.81. The number of aliphatic hydroxyl groups excluding tert-OH is 1. The van der Waals surface area contributed by atoms with Crippen molar-refractivity contribution in [3.05, 3.63) is 24.3 Å². The predicted octanol–water partition coefficient (Wildman–Crippen LogP) is 4.35. The third-order valence-electron chi connectivity index (χ3n) is 3.18. The number of allylic oxidation sites excluding steroid dienone is 3. The van der Waals surface area contributed by atoms with Crippen molar-refractivity contribution in [3.8, 4) is 0 Å². The van der Waals surface area contributed by atoms with Crippen molar-refractivity contribution in [2.75, 3.05) is 13.2 Å². The quantitative estimate of drug-likeness (QED) is 0.524. The fourth-order valence-electron chi connectivity index (χ4n) is 2.03. The molecule has 2 unspecified atom stereocenters. The molecule has 0 fully saturated rings. The van der Waals surface area contributed by atoms with Crippen molar-refractivity contribution >= 4 is 0 Å². The molecule has 19 heavy (non-hydrogen) atoms. The highest BCUT2D eigenvalue weighted by atomic mass is 16.5. The molecule has 0 rings (SSSR count). The van der Waals surface area contributed by atoms with Crippen LogP contribution >= 0.6 is 0 Å². The lowest BCUT2D eigenvalue weighted by Gasteiger charge is -2.22. The van der Waals surface area contributed by atoms with Crippen molar-refractivity contribution in [1.29, 1.82) is 0 Å². The van der Waals surface area contributed by atoms with E-state index in [2.05, 4.69) is 52.8 Å². The third kappa shape index (κ3) is 9.92. The second kappa shape index (κ2) is 8.55. The van der Waals surface area contributed by atoms with Gasteiger partial charge in [-0.25, -0.2) is 0 Å². The van der Waals surface area contributed by atoms with Gasteiger partial charge in [-0.15, -0.1) is 0 Å². The summed E-state index contributed by atoms with van der Waals surface area (Å²) in [6, 6.07) is 0. The number of rotatable bonds is 8. The Kier molecular flexibility index (Phi) is 8.28. The summed E-state index contributed by atoms with van der Waals surface area (Å²) in [5.41, 5.74) is 0.257. The van der Waals surface area contributed by atoms with Crippen molar-refractivity contribution in [2.24, 2.45) is 10.8 Å². The molecule has 0 aromatic rings. The molecule has 0 aromatic heterocycles. The van der Waals surface area contributed by atoms with E-state index in [-0.39, 0.29) is 16.9 Å². The molecule has 0 saturated heterocycles.